The molecule has 1 aliphatic carbocycles. The lowest BCUT2D eigenvalue weighted by atomic mass is 9.91. The van der Waals surface area contributed by atoms with E-state index in [9.17, 15) is 9.59 Å². The summed E-state index contributed by atoms with van der Waals surface area (Å²) in [5.74, 6) is -0.213. The summed E-state index contributed by atoms with van der Waals surface area (Å²) >= 11 is 0. The van der Waals surface area contributed by atoms with Gasteiger partial charge in [0.25, 0.3) is 0 Å². The minimum atomic E-state index is -0.115. The Bertz CT molecular complexity index is 1160. The van der Waals surface area contributed by atoms with Gasteiger partial charge in [-0.2, -0.15) is 0 Å². The standard InChI is InChI=1S/C22H19N3O2/c1-3-13(2)22(27)24-10-8-14-12-18(26)21-19-16(9-11-23-21)15-6-4-5-7-17(15)25-20(14)19/h3-7,9,11-12H,8,10H2,1-2H3,(H,24,27)/b13-3+. The maximum absolute atomic E-state index is 12.6. The van der Waals surface area contributed by atoms with Crippen molar-refractivity contribution in [2.24, 2.45) is 0 Å². The Balaban J connectivity index is 1.76. The summed E-state index contributed by atoms with van der Waals surface area (Å²) in [5.41, 5.74) is 3.60. The number of aromatic nitrogens is 2. The van der Waals surface area contributed by atoms with E-state index in [1.165, 1.54) is 0 Å². The highest BCUT2D eigenvalue weighted by Gasteiger charge is 2.24. The molecule has 1 N–H and O–H groups in total. The highest BCUT2D eigenvalue weighted by molar-refractivity contribution is 6.23. The number of para-hydroxylation sites is 1. The van der Waals surface area contributed by atoms with Gasteiger partial charge in [0, 0.05) is 29.1 Å². The third-order valence-corrected chi connectivity index (χ3v) is 4.93. The van der Waals surface area contributed by atoms with Crippen LogP contribution in [0.4, 0.5) is 0 Å². The van der Waals surface area contributed by atoms with Crippen LogP contribution in [0.5, 0.6) is 0 Å². The van der Waals surface area contributed by atoms with E-state index < -0.39 is 0 Å². The quantitative estimate of drug-likeness (QED) is 0.569. The number of ketones is 1. The van der Waals surface area contributed by atoms with Crippen LogP contribution in [0.25, 0.3) is 27.2 Å². The zero-order chi connectivity index (χ0) is 19.0. The van der Waals surface area contributed by atoms with Crippen LogP contribution in [0.2, 0.25) is 0 Å². The van der Waals surface area contributed by atoms with Crippen molar-refractivity contribution in [1.82, 2.24) is 15.3 Å². The molecule has 4 rings (SSSR count). The number of carbonyl (C=O) groups excluding carboxylic acids is 2. The van der Waals surface area contributed by atoms with Crippen LogP contribution in [0.15, 0.2) is 54.3 Å². The summed E-state index contributed by atoms with van der Waals surface area (Å²) in [5, 5.41) is 5.67. The lowest BCUT2D eigenvalue weighted by Gasteiger charge is -2.18. The molecule has 134 valence electrons. The Morgan fingerprint density at radius 1 is 1.15 bits per heavy atom. The van der Waals surface area contributed by atoms with Crippen molar-refractivity contribution in [3.05, 3.63) is 65.6 Å². The summed E-state index contributed by atoms with van der Waals surface area (Å²) in [4.78, 5) is 33.7. The highest BCUT2D eigenvalue weighted by atomic mass is 16.1. The van der Waals surface area contributed by atoms with E-state index in [0.717, 1.165) is 32.9 Å². The normalized spacial score (nSPS) is 13.8. The van der Waals surface area contributed by atoms with E-state index in [0.29, 0.717) is 24.2 Å². The number of benzene rings is 1. The predicted molar refractivity (Wildman–Crippen MR) is 106 cm³/mol. The number of rotatable bonds is 4. The van der Waals surface area contributed by atoms with Crippen LogP contribution >= 0.6 is 0 Å². The lowest BCUT2D eigenvalue weighted by molar-refractivity contribution is -0.117. The van der Waals surface area contributed by atoms with E-state index in [1.54, 1.807) is 25.3 Å². The largest absolute Gasteiger partial charge is 0.352 e. The molecule has 2 aromatic heterocycles. The molecule has 0 spiro atoms. The van der Waals surface area contributed by atoms with Gasteiger partial charge in [-0.25, -0.2) is 4.98 Å². The third-order valence-electron chi connectivity index (χ3n) is 4.93. The van der Waals surface area contributed by atoms with Crippen LogP contribution in [-0.4, -0.2) is 28.2 Å². The fourth-order valence-corrected chi connectivity index (χ4v) is 3.39. The monoisotopic (exact) mass is 357 g/mol. The van der Waals surface area contributed by atoms with Gasteiger partial charge >= 0.3 is 0 Å². The number of fused-ring (bicyclic) bond motifs is 2. The molecule has 5 heteroatoms. The van der Waals surface area contributed by atoms with E-state index in [1.807, 2.05) is 37.3 Å². The van der Waals surface area contributed by atoms with Crippen molar-refractivity contribution in [2.75, 3.05) is 6.54 Å². The first-order valence-electron chi connectivity index (χ1n) is 8.94. The van der Waals surface area contributed by atoms with Crippen LogP contribution in [0, 0.1) is 0 Å². The fraction of sp³-hybridized carbons (Fsp3) is 0.182. The molecule has 0 saturated carbocycles. The summed E-state index contributed by atoms with van der Waals surface area (Å²) in [6, 6.07) is 9.82. The Morgan fingerprint density at radius 2 is 1.96 bits per heavy atom. The first-order chi connectivity index (χ1) is 13.1. The first kappa shape index (κ1) is 17.1. The predicted octanol–water partition coefficient (Wildman–Crippen LogP) is 3.84. The van der Waals surface area contributed by atoms with Crippen LogP contribution in [-0.2, 0) is 4.79 Å². The molecule has 0 bridgehead atoms. The SMILES string of the molecule is C/C=C(\C)C(=O)NCCC1=CC(=O)c2nccc3c2c1nc1ccccc13. The second-order valence-electron chi connectivity index (χ2n) is 6.57. The molecule has 1 amide bonds. The van der Waals surface area contributed by atoms with E-state index in [2.05, 4.69) is 10.3 Å². The summed E-state index contributed by atoms with van der Waals surface area (Å²) in [7, 11) is 0. The average molecular weight is 357 g/mol. The fourth-order valence-electron chi connectivity index (χ4n) is 3.39. The molecule has 0 radical (unpaired) electrons. The van der Waals surface area contributed by atoms with Crippen LogP contribution in [0.1, 0.15) is 36.5 Å². The molecule has 0 atom stereocenters. The number of pyridine rings is 2. The van der Waals surface area contributed by atoms with Crippen LogP contribution < -0.4 is 5.32 Å². The number of nitrogens with zero attached hydrogens (tertiary/aromatic N) is 2. The minimum absolute atomic E-state index is 0.0982. The van der Waals surface area contributed by atoms with Gasteiger partial charge < -0.3 is 5.32 Å². The number of hydrogen-bond donors (Lipinski definition) is 1. The molecule has 0 fully saturated rings. The van der Waals surface area contributed by atoms with E-state index in [4.69, 9.17) is 4.98 Å². The van der Waals surface area contributed by atoms with Gasteiger partial charge in [0.1, 0.15) is 5.69 Å². The van der Waals surface area contributed by atoms with Gasteiger partial charge in [-0.3, -0.25) is 14.6 Å². The molecule has 1 aromatic carbocycles. The molecule has 2 heterocycles. The van der Waals surface area contributed by atoms with Gasteiger partial charge in [0.05, 0.1) is 11.2 Å². The Hall–Kier alpha value is -3.34. The van der Waals surface area contributed by atoms with E-state index in [-0.39, 0.29) is 11.7 Å². The van der Waals surface area contributed by atoms with E-state index >= 15 is 0 Å². The minimum Gasteiger partial charge on any atom is -0.352 e. The molecule has 0 aliphatic heterocycles. The van der Waals surface area contributed by atoms with Gasteiger partial charge in [-0.1, -0.05) is 24.3 Å². The second kappa shape index (κ2) is 6.76. The highest BCUT2D eigenvalue weighted by Crippen LogP contribution is 2.35. The maximum atomic E-state index is 12.6. The molecular formula is C22H19N3O2. The van der Waals surface area contributed by atoms with Gasteiger partial charge in [0.2, 0.25) is 11.7 Å². The number of carbonyl (C=O) groups is 2. The lowest BCUT2D eigenvalue weighted by Crippen LogP contribution is -2.25. The van der Waals surface area contributed by atoms with Crippen LogP contribution in [0.3, 0.4) is 0 Å². The Morgan fingerprint density at radius 3 is 2.78 bits per heavy atom. The van der Waals surface area contributed by atoms with Crippen molar-refractivity contribution in [2.45, 2.75) is 20.3 Å². The van der Waals surface area contributed by atoms with Crippen molar-refractivity contribution < 1.29 is 9.59 Å². The second-order valence-corrected chi connectivity index (χ2v) is 6.57. The average Bonchev–Trinajstić information content (AvgIpc) is 2.70. The molecule has 5 nitrogen and oxygen atoms in total. The third kappa shape index (κ3) is 2.91. The first-order valence-corrected chi connectivity index (χ1v) is 8.94. The van der Waals surface area contributed by atoms with Crippen molar-refractivity contribution in [3.8, 4) is 0 Å². The molecule has 3 aromatic rings. The number of allylic oxidation sites excluding steroid dienone is 2. The summed E-state index contributed by atoms with van der Waals surface area (Å²) < 4.78 is 0. The van der Waals surface area contributed by atoms with Crippen molar-refractivity contribution in [3.63, 3.8) is 0 Å². The Labute approximate surface area is 156 Å². The topological polar surface area (TPSA) is 72.0 Å². The maximum Gasteiger partial charge on any atom is 0.246 e. The zero-order valence-corrected chi connectivity index (χ0v) is 15.2. The molecular weight excluding hydrogens is 338 g/mol. The van der Waals surface area contributed by atoms with Gasteiger partial charge in [0.15, 0.2) is 0 Å². The van der Waals surface area contributed by atoms with Gasteiger partial charge in [-0.15, -0.1) is 0 Å². The molecule has 1 aliphatic rings. The van der Waals surface area contributed by atoms with Crippen molar-refractivity contribution in [1.29, 1.82) is 0 Å². The Kier molecular flexibility index (Phi) is 4.28. The summed E-state index contributed by atoms with van der Waals surface area (Å²) in [6.07, 6.45) is 5.57. The number of amides is 1. The smallest absolute Gasteiger partial charge is 0.246 e. The molecule has 0 unspecified atom stereocenters. The summed E-state index contributed by atoms with van der Waals surface area (Å²) in [6.45, 7) is 4.04. The molecule has 27 heavy (non-hydrogen) atoms. The number of hydrogen-bond acceptors (Lipinski definition) is 4. The zero-order valence-electron chi connectivity index (χ0n) is 15.2. The van der Waals surface area contributed by atoms with Crippen molar-refractivity contribution >= 4 is 38.9 Å². The molecule has 0 saturated heterocycles. The number of nitrogens with one attached hydrogen (secondary N) is 1. The van der Waals surface area contributed by atoms with Gasteiger partial charge in [-0.05, 0) is 49.4 Å².